The van der Waals surface area contributed by atoms with Crippen LogP contribution in [-0.4, -0.2) is 9.97 Å². The number of rotatable bonds is 2. The van der Waals surface area contributed by atoms with E-state index in [2.05, 4.69) is 23.8 Å². The van der Waals surface area contributed by atoms with E-state index in [1.165, 1.54) is 12.0 Å². The first kappa shape index (κ1) is 7.71. The first-order chi connectivity index (χ1) is 5.79. The third kappa shape index (κ3) is 1.33. The van der Waals surface area contributed by atoms with Crippen molar-refractivity contribution in [3.8, 4) is 0 Å². The lowest BCUT2D eigenvalue weighted by molar-refractivity contribution is 0.548. The quantitative estimate of drug-likeness (QED) is 0.666. The van der Waals surface area contributed by atoms with Gasteiger partial charge in [0.05, 0.1) is 0 Å². The molecule has 2 heteroatoms. The summed E-state index contributed by atoms with van der Waals surface area (Å²) in [6, 6.07) is 0. The van der Waals surface area contributed by atoms with E-state index in [9.17, 15) is 0 Å². The Morgan fingerprint density at radius 2 is 2.00 bits per heavy atom. The molecule has 1 saturated carbocycles. The minimum Gasteiger partial charge on any atom is -0.245 e. The fourth-order valence-corrected chi connectivity index (χ4v) is 1.84. The molecule has 1 fully saturated rings. The predicted octanol–water partition coefficient (Wildman–Crippen LogP) is 2.24. The monoisotopic (exact) mass is 162 g/mol. The molecule has 1 aliphatic rings. The van der Waals surface area contributed by atoms with E-state index in [1.54, 1.807) is 6.33 Å². The molecule has 12 heavy (non-hydrogen) atoms. The summed E-state index contributed by atoms with van der Waals surface area (Å²) in [7, 11) is 0. The van der Waals surface area contributed by atoms with E-state index in [1.807, 2.05) is 12.4 Å². The molecule has 2 nitrogen and oxygen atoms in total. The molecule has 0 spiro atoms. The van der Waals surface area contributed by atoms with Crippen LogP contribution in [0.2, 0.25) is 0 Å². The Balaban J connectivity index is 2.06. The van der Waals surface area contributed by atoms with Gasteiger partial charge in [0, 0.05) is 12.4 Å². The van der Waals surface area contributed by atoms with Gasteiger partial charge in [0.25, 0.3) is 0 Å². The first-order valence-electron chi connectivity index (χ1n) is 4.54. The maximum Gasteiger partial charge on any atom is 0.115 e. The Labute approximate surface area is 73.1 Å². The average molecular weight is 162 g/mol. The highest BCUT2D eigenvalue weighted by atomic mass is 14.8. The Morgan fingerprint density at radius 3 is 2.50 bits per heavy atom. The lowest BCUT2D eigenvalue weighted by Crippen LogP contribution is -1.93. The van der Waals surface area contributed by atoms with Crippen LogP contribution >= 0.6 is 0 Å². The van der Waals surface area contributed by atoms with E-state index >= 15 is 0 Å². The van der Waals surface area contributed by atoms with Gasteiger partial charge in [-0.1, -0.05) is 13.8 Å². The highest BCUT2D eigenvalue weighted by Gasteiger charge is 2.40. The third-order valence-electron chi connectivity index (χ3n) is 2.70. The zero-order chi connectivity index (χ0) is 8.55. The maximum absolute atomic E-state index is 4.03. The zero-order valence-corrected chi connectivity index (χ0v) is 7.57. The molecule has 64 valence electrons. The van der Waals surface area contributed by atoms with Gasteiger partial charge >= 0.3 is 0 Å². The molecule has 0 saturated heterocycles. The van der Waals surface area contributed by atoms with Crippen LogP contribution in [0.5, 0.6) is 0 Å². The van der Waals surface area contributed by atoms with Crippen LogP contribution in [-0.2, 0) is 0 Å². The molecule has 0 amide bonds. The summed E-state index contributed by atoms with van der Waals surface area (Å²) in [6.07, 6.45) is 6.81. The van der Waals surface area contributed by atoms with E-state index in [4.69, 9.17) is 0 Å². The van der Waals surface area contributed by atoms with Crippen molar-refractivity contribution in [3.05, 3.63) is 24.3 Å². The van der Waals surface area contributed by atoms with Crippen LogP contribution in [0, 0.1) is 11.8 Å². The van der Waals surface area contributed by atoms with Gasteiger partial charge in [-0.3, -0.25) is 0 Å². The van der Waals surface area contributed by atoms with Gasteiger partial charge in [-0.25, -0.2) is 9.97 Å². The van der Waals surface area contributed by atoms with Crippen molar-refractivity contribution in [2.75, 3.05) is 0 Å². The standard InChI is InChI=1S/C10H14N2/c1-7(2)9-3-10(9)8-4-11-6-12-5-8/h4-7,9-10H,3H2,1-2H3/t9-,10-/m1/s1. The van der Waals surface area contributed by atoms with Crippen LogP contribution < -0.4 is 0 Å². The van der Waals surface area contributed by atoms with E-state index in [-0.39, 0.29) is 0 Å². The SMILES string of the molecule is CC(C)[C@H]1C[C@@H]1c1cncnc1. The van der Waals surface area contributed by atoms with Gasteiger partial charge in [-0.15, -0.1) is 0 Å². The molecule has 0 N–H and O–H groups in total. The lowest BCUT2D eigenvalue weighted by Gasteiger charge is -2.01. The Hall–Kier alpha value is -0.920. The van der Waals surface area contributed by atoms with Crippen molar-refractivity contribution in [2.45, 2.75) is 26.2 Å². The molecule has 0 aromatic carbocycles. The molecule has 0 bridgehead atoms. The van der Waals surface area contributed by atoms with Crippen molar-refractivity contribution < 1.29 is 0 Å². The Bertz CT molecular complexity index is 256. The number of hydrogen-bond acceptors (Lipinski definition) is 2. The molecule has 2 rings (SSSR count). The number of nitrogens with zero attached hydrogens (tertiary/aromatic N) is 2. The fourth-order valence-electron chi connectivity index (χ4n) is 1.84. The van der Waals surface area contributed by atoms with Gasteiger partial charge in [-0.2, -0.15) is 0 Å². The van der Waals surface area contributed by atoms with E-state index < -0.39 is 0 Å². The highest BCUT2D eigenvalue weighted by Crippen LogP contribution is 2.51. The second-order valence-corrected chi connectivity index (χ2v) is 3.92. The average Bonchev–Trinajstić information content (AvgIpc) is 2.84. The van der Waals surface area contributed by atoms with Gasteiger partial charge in [-0.05, 0) is 29.7 Å². The Morgan fingerprint density at radius 1 is 1.33 bits per heavy atom. The van der Waals surface area contributed by atoms with Crippen LogP contribution in [0.1, 0.15) is 31.7 Å². The molecule has 1 aromatic heterocycles. The van der Waals surface area contributed by atoms with Gasteiger partial charge < -0.3 is 0 Å². The summed E-state index contributed by atoms with van der Waals surface area (Å²) in [4.78, 5) is 8.06. The van der Waals surface area contributed by atoms with Crippen molar-refractivity contribution >= 4 is 0 Å². The third-order valence-corrected chi connectivity index (χ3v) is 2.70. The smallest absolute Gasteiger partial charge is 0.115 e. The summed E-state index contributed by atoms with van der Waals surface area (Å²) in [5.41, 5.74) is 1.32. The maximum atomic E-state index is 4.03. The zero-order valence-electron chi connectivity index (χ0n) is 7.57. The molecule has 0 unspecified atom stereocenters. The Kier molecular flexibility index (Phi) is 1.83. The van der Waals surface area contributed by atoms with Crippen molar-refractivity contribution in [3.63, 3.8) is 0 Å². The molecular weight excluding hydrogens is 148 g/mol. The number of aromatic nitrogens is 2. The molecule has 2 atom stereocenters. The van der Waals surface area contributed by atoms with E-state index in [0.29, 0.717) is 0 Å². The fraction of sp³-hybridized carbons (Fsp3) is 0.600. The minimum atomic E-state index is 0.742. The summed E-state index contributed by atoms with van der Waals surface area (Å²) in [5.74, 6) is 2.41. The van der Waals surface area contributed by atoms with Gasteiger partial charge in [0.15, 0.2) is 0 Å². The van der Waals surface area contributed by atoms with Crippen molar-refractivity contribution in [1.82, 2.24) is 9.97 Å². The second kappa shape index (κ2) is 2.85. The number of hydrogen-bond donors (Lipinski definition) is 0. The van der Waals surface area contributed by atoms with Crippen LogP contribution in [0.15, 0.2) is 18.7 Å². The minimum absolute atomic E-state index is 0.742. The van der Waals surface area contributed by atoms with Crippen LogP contribution in [0.25, 0.3) is 0 Å². The van der Waals surface area contributed by atoms with Crippen molar-refractivity contribution in [1.29, 1.82) is 0 Å². The van der Waals surface area contributed by atoms with Gasteiger partial charge in [0.1, 0.15) is 6.33 Å². The largest absolute Gasteiger partial charge is 0.245 e. The van der Waals surface area contributed by atoms with Crippen molar-refractivity contribution in [2.24, 2.45) is 11.8 Å². The van der Waals surface area contributed by atoms with Crippen LogP contribution in [0.3, 0.4) is 0 Å². The predicted molar refractivity (Wildman–Crippen MR) is 47.7 cm³/mol. The normalized spacial score (nSPS) is 27.6. The van der Waals surface area contributed by atoms with Crippen LogP contribution in [0.4, 0.5) is 0 Å². The summed E-state index contributed by atoms with van der Waals surface area (Å²) in [5, 5.41) is 0. The molecule has 1 heterocycles. The summed E-state index contributed by atoms with van der Waals surface area (Å²) >= 11 is 0. The molecule has 0 radical (unpaired) electrons. The molecule has 1 aliphatic carbocycles. The lowest BCUT2D eigenvalue weighted by atomic mass is 10.1. The second-order valence-electron chi connectivity index (χ2n) is 3.92. The van der Waals surface area contributed by atoms with E-state index in [0.717, 1.165) is 17.8 Å². The van der Waals surface area contributed by atoms with Gasteiger partial charge in [0.2, 0.25) is 0 Å². The molecular formula is C10H14N2. The molecule has 1 aromatic rings. The summed E-state index contributed by atoms with van der Waals surface area (Å²) < 4.78 is 0. The topological polar surface area (TPSA) is 25.8 Å². The molecule has 0 aliphatic heterocycles. The highest BCUT2D eigenvalue weighted by molar-refractivity contribution is 5.19. The first-order valence-corrected chi connectivity index (χ1v) is 4.54. The summed E-state index contributed by atoms with van der Waals surface area (Å²) in [6.45, 7) is 4.57.